The normalized spacial score (nSPS) is 24.7. The number of hydrogen-bond acceptors (Lipinski definition) is 2. The third kappa shape index (κ3) is 3.33. The molecule has 1 aromatic carbocycles. The maximum atomic E-state index is 14.0. The van der Waals surface area contributed by atoms with Crippen LogP contribution in [0.3, 0.4) is 0 Å². The van der Waals surface area contributed by atoms with E-state index in [0.717, 1.165) is 19.5 Å². The Balaban J connectivity index is 2.21. The molecule has 0 aromatic heterocycles. The van der Waals surface area contributed by atoms with Gasteiger partial charge >= 0.3 is 0 Å². The highest BCUT2D eigenvalue weighted by atomic mass is 79.9. The minimum atomic E-state index is -0.485. The number of piperazine rings is 1. The van der Waals surface area contributed by atoms with Crippen molar-refractivity contribution in [1.82, 2.24) is 10.2 Å². The van der Waals surface area contributed by atoms with Crippen LogP contribution in [-0.4, -0.2) is 30.1 Å². The van der Waals surface area contributed by atoms with E-state index in [1.165, 1.54) is 12.1 Å². The zero-order chi connectivity index (χ0) is 14.0. The lowest BCUT2D eigenvalue weighted by molar-refractivity contribution is 0.121. The molecule has 0 bridgehead atoms. The van der Waals surface area contributed by atoms with Crippen molar-refractivity contribution in [2.24, 2.45) is 0 Å². The molecule has 0 aliphatic carbocycles. The van der Waals surface area contributed by atoms with Crippen LogP contribution in [0.5, 0.6) is 0 Å². The summed E-state index contributed by atoms with van der Waals surface area (Å²) in [6.07, 6.45) is 0.969. The molecule has 19 heavy (non-hydrogen) atoms. The first kappa shape index (κ1) is 14.9. The first-order valence-electron chi connectivity index (χ1n) is 6.62. The third-order valence-electron chi connectivity index (χ3n) is 3.70. The second-order valence-corrected chi connectivity index (χ2v) is 5.98. The van der Waals surface area contributed by atoms with E-state index in [4.69, 9.17) is 0 Å². The zero-order valence-corrected chi connectivity index (χ0v) is 12.8. The van der Waals surface area contributed by atoms with Gasteiger partial charge in [0.05, 0.1) is 4.47 Å². The molecule has 0 radical (unpaired) electrons. The van der Waals surface area contributed by atoms with Gasteiger partial charge < -0.3 is 5.32 Å². The number of nitrogens with zero attached hydrogens (tertiary/aromatic N) is 1. The smallest absolute Gasteiger partial charge is 0.144 e. The average Bonchev–Trinajstić information content (AvgIpc) is 2.39. The fourth-order valence-corrected chi connectivity index (χ4v) is 2.92. The van der Waals surface area contributed by atoms with Crippen LogP contribution in [0.4, 0.5) is 8.78 Å². The molecule has 1 heterocycles. The molecular formula is C14H19BrF2N2. The Morgan fingerprint density at radius 3 is 2.84 bits per heavy atom. The van der Waals surface area contributed by atoms with Gasteiger partial charge in [0.25, 0.3) is 0 Å². The third-order valence-corrected chi connectivity index (χ3v) is 4.31. The Labute approximate surface area is 121 Å². The molecule has 1 fully saturated rings. The lowest BCUT2D eigenvalue weighted by Crippen LogP contribution is -2.54. The van der Waals surface area contributed by atoms with Crippen molar-refractivity contribution in [1.29, 1.82) is 0 Å². The molecule has 0 amide bonds. The quantitative estimate of drug-likeness (QED) is 0.854. The first-order chi connectivity index (χ1) is 9.02. The maximum absolute atomic E-state index is 14.0. The van der Waals surface area contributed by atoms with E-state index in [1.807, 2.05) is 0 Å². The Morgan fingerprint density at radius 2 is 2.16 bits per heavy atom. The minimum absolute atomic E-state index is 0.155. The predicted octanol–water partition coefficient (Wildman–Crippen LogP) is 3.30. The highest BCUT2D eigenvalue weighted by molar-refractivity contribution is 9.10. The van der Waals surface area contributed by atoms with Crippen LogP contribution in [0.25, 0.3) is 0 Å². The van der Waals surface area contributed by atoms with E-state index in [9.17, 15) is 8.78 Å². The molecular weight excluding hydrogens is 314 g/mol. The van der Waals surface area contributed by atoms with Gasteiger partial charge in [0.2, 0.25) is 0 Å². The van der Waals surface area contributed by atoms with E-state index in [0.29, 0.717) is 23.1 Å². The second kappa shape index (κ2) is 6.29. The van der Waals surface area contributed by atoms with Crippen LogP contribution in [0.15, 0.2) is 16.6 Å². The fourth-order valence-electron chi connectivity index (χ4n) is 2.54. The summed E-state index contributed by atoms with van der Waals surface area (Å²) in [5.41, 5.74) is 0.155. The van der Waals surface area contributed by atoms with Crippen molar-refractivity contribution in [3.05, 3.63) is 33.8 Å². The number of benzene rings is 1. The van der Waals surface area contributed by atoms with Gasteiger partial charge in [0, 0.05) is 37.3 Å². The molecule has 2 nitrogen and oxygen atoms in total. The summed E-state index contributed by atoms with van der Waals surface area (Å²) < 4.78 is 28.1. The number of nitrogens with one attached hydrogen (secondary N) is 1. The van der Waals surface area contributed by atoms with Crippen LogP contribution >= 0.6 is 15.9 Å². The van der Waals surface area contributed by atoms with Crippen molar-refractivity contribution in [2.45, 2.75) is 38.9 Å². The van der Waals surface area contributed by atoms with E-state index < -0.39 is 11.6 Å². The molecule has 2 unspecified atom stereocenters. The molecule has 106 valence electrons. The molecule has 1 N–H and O–H groups in total. The van der Waals surface area contributed by atoms with Crippen molar-refractivity contribution >= 4 is 15.9 Å². The van der Waals surface area contributed by atoms with Crippen molar-refractivity contribution in [2.75, 3.05) is 13.1 Å². The summed E-state index contributed by atoms with van der Waals surface area (Å²) in [5, 5.41) is 3.40. The lowest BCUT2D eigenvalue weighted by atomic mass is 10.1. The highest BCUT2D eigenvalue weighted by Crippen LogP contribution is 2.24. The van der Waals surface area contributed by atoms with Gasteiger partial charge in [-0.2, -0.15) is 0 Å². The van der Waals surface area contributed by atoms with Crippen LogP contribution < -0.4 is 5.32 Å². The fraction of sp³-hybridized carbons (Fsp3) is 0.571. The topological polar surface area (TPSA) is 15.3 Å². The van der Waals surface area contributed by atoms with Crippen LogP contribution in [0, 0.1) is 11.6 Å². The summed E-state index contributed by atoms with van der Waals surface area (Å²) in [4.78, 5) is 2.16. The van der Waals surface area contributed by atoms with Gasteiger partial charge in [-0.1, -0.05) is 6.92 Å². The first-order valence-corrected chi connectivity index (χ1v) is 7.42. The monoisotopic (exact) mass is 332 g/mol. The predicted molar refractivity (Wildman–Crippen MR) is 76.0 cm³/mol. The van der Waals surface area contributed by atoms with E-state index in [-0.39, 0.29) is 5.56 Å². The van der Waals surface area contributed by atoms with Crippen molar-refractivity contribution in [3.63, 3.8) is 0 Å². The van der Waals surface area contributed by atoms with Crippen molar-refractivity contribution < 1.29 is 8.78 Å². The van der Waals surface area contributed by atoms with Gasteiger partial charge in [-0.3, -0.25) is 4.90 Å². The Bertz CT molecular complexity index is 453. The molecule has 1 aliphatic heterocycles. The number of rotatable bonds is 3. The summed E-state index contributed by atoms with van der Waals surface area (Å²) >= 11 is 3.12. The van der Waals surface area contributed by atoms with E-state index in [2.05, 4.69) is 40.0 Å². The molecule has 1 saturated heterocycles. The molecule has 1 aliphatic rings. The summed E-state index contributed by atoms with van der Waals surface area (Å²) in [6.45, 7) is 6.19. The van der Waals surface area contributed by atoms with Gasteiger partial charge in [-0.05, 0) is 41.4 Å². The highest BCUT2D eigenvalue weighted by Gasteiger charge is 2.26. The van der Waals surface area contributed by atoms with Gasteiger partial charge in [-0.15, -0.1) is 0 Å². The van der Waals surface area contributed by atoms with Gasteiger partial charge in [-0.25, -0.2) is 8.78 Å². The number of hydrogen-bond donors (Lipinski definition) is 1. The molecule has 0 saturated carbocycles. The molecule has 2 rings (SSSR count). The van der Waals surface area contributed by atoms with Crippen LogP contribution in [-0.2, 0) is 6.54 Å². The minimum Gasteiger partial charge on any atom is -0.311 e. The van der Waals surface area contributed by atoms with Crippen LogP contribution in [0.2, 0.25) is 0 Å². The Hall–Kier alpha value is -0.520. The summed E-state index contributed by atoms with van der Waals surface area (Å²) in [7, 11) is 0. The Morgan fingerprint density at radius 1 is 1.42 bits per heavy atom. The van der Waals surface area contributed by atoms with Gasteiger partial charge in [0.15, 0.2) is 0 Å². The summed E-state index contributed by atoms with van der Waals surface area (Å²) in [5.74, 6) is -0.956. The SMILES string of the molecule is CCC1CNC(C)CN1Cc1c(F)ccc(Br)c1F. The molecule has 0 spiro atoms. The standard InChI is InChI=1S/C14H19BrF2N2/c1-3-10-6-18-9(2)7-19(10)8-11-13(16)5-4-12(15)14(11)17/h4-5,9-10,18H,3,6-8H2,1-2H3. The number of halogens is 3. The van der Waals surface area contributed by atoms with Gasteiger partial charge in [0.1, 0.15) is 11.6 Å². The van der Waals surface area contributed by atoms with Crippen LogP contribution in [0.1, 0.15) is 25.8 Å². The second-order valence-electron chi connectivity index (χ2n) is 5.12. The molecule has 5 heteroatoms. The van der Waals surface area contributed by atoms with E-state index >= 15 is 0 Å². The molecule has 1 aromatic rings. The molecule has 2 atom stereocenters. The van der Waals surface area contributed by atoms with Crippen molar-refractivity contribution in [3.8, 4) is 0 Å². The largest absolute Gasteiger partial charge is 0.311 e. The average molecular weight is 333 g/mol. The Kier molecular flexibility index (Phi) is 4.92. The zero-order valence-electron chi connectivity index (χ0n) is 11.2. The lowest BCUT2D eigenvalue weighted by Gasteiger charge is -2.39. The van der Waals surface area contributed by atoms with E-state index in [1.54, 1.807) is 0 Å². The summed E-state index contributed by atoms with van der Waals surface area (Å²) in [6, 6.07) is 3.40. The maximum Gasteiger partial charge on any atom is 0.144 e.